The standard InChI is InChI=1S/C15H20N2O3/c1-10(2)17-15(18)16-9-14(19-3)13-8-11-6-4-5-7-12(11)20-13/h4-8,10,14H,9H2,1-3H3,(H2,16,17,18). The molecule has 5 nitrogen and oxygen atoms in total. The van der Waals surface area contributed by atoms with Crippen molar-refractivity contribution in [3.05, 3.63) is 36.1 Å². The van der Waals surface area contributed by atoms with Crippen LogP contribution in [0, 0.1) is 0 Å². The van der Waals surface area contributed by atoms with E-state index in [1.807, 2.05) is 44.2 Å². The van der Waals surface area contributed by atoms with Crippen molar-refractivity contribution in [1.82, 2.24) is 10.6 Å². The van der Waals surface area contributed by atoms with Gasteiger partial charge in [0.25, 0.3) is 0 Å². The van der Waals surface area contributed by atoms with Gasteiger partial charge < -0.3 is 19.8 Å². The molecular weight excluding hydrogens is 256 g/mol. The third-order valence-electron chi connectivity index (χ3n) is 2.91. The highest BCUT2D eigenvalue weighted by Crippen LogP contribution is 2.25. The van der Waals surface area contributed by atoms with Gasteiger partial charge in [-0.25, -0.2) is 4.79 Å². The van der Waals surface area contributed by atoms with E-state index >= 15 is 0 Å². The van der Waals surface area contributed by atoms with Crippen molar-refractivity contribution in [1.29, 1.82) is 0 Å². The quantitative estimate of drug-likeness (QED) is 0.882. The molecule has 0 aliphatic carbocycles. The third kappa shape index (κ3) is 3.51. The fourth-order valence-electron chi connectivity index (χ4n) is 1.96. The van der Waals surface area contributed by atoms with Crippen LogP contribution in [0.15, 0.2) is 34.7 Å². The molecule has 108 valence electrons. The maximum atomic E-state index is 11.6. The number of carbonyl (C=O) groups excluding carboxylic acids is 1. The molecule has 2 aromatic rings. The summed E-state index contributed by atoms with van der Waals surface area (Å²) in [5.41, 5.74) is 0.816. The van der Waals surface area contributed by atoms with Crippen molar-refractivity contribution in [2.75, 3.05) is 13.7 Å². The van der Waals surface area contributed by atoms with E-state index < -0.39 is 0 Å². The Bertz CT molecular complexity index is 544. The molecule has 0 saturated carbocycles. The largest absolute Gasteiger partial charge is 0.458 e. The Morgan fingerprint density at radius 3 is 2.75 bits per heavy atom. The number of hydrogen-bond donors (Lipinski definition) is 2. The minimum atomic E-state index is -0.305. The number of amides is 2. The van der Waals surface area contributed by atoms with Crippen LogP contribution in [0.3, 0.4) is 0 Å². The van der Waals surface area contributed by atoms with E-state index in [1.165, 1.54) is 0 Å². The zero-order valence-electron chi connectivity index (χ0n) is 12.0. The van der Waals surface area contributed by atoms with Gasteiger partial charge in [0.1, 0.15) is 17.4 Å². The molecule has 0 fully saturated rings. The summed E-state index contributed by atoms with van der Waals surface area (Å²) in [5, 5.41) is 6.56. The Labute approximate surface area is 118 Å². The lowest BCUT2D eigenvalue weighted by Crippen LogP contribution is -2.41. The first-order chi connectivity index (χ1) is 9.60. The number of furan rings is 1. The van der Waals surface area contributed by atoms with E-state index in [0.29, 0.717) is 12.3 Å². The highest BCUT2D eigenvalue weighted by Gasteiger charge is 2.16. The normalized spacial score (nSPS) is 12.6. The summed E-state index contributed by atoms with van der Waals surface area (Å²) in [6.45, 7) is 4.17. The summed E-state index contributed by atoms with van der Waals surface area (Å²) in [7, 11) is 1.60. The summed E-state index contributed by atoms with van der Waals surface area (Å²) < 4.78 is 11.1. The van der Waals surface area contributed by atoms with Gasteiger partial charge in [-0.3, -0.25) is 0 Å². The summed E-state index contributed by atoms with van der Waals surface area (Å²) in [6.07, 6.45) is -0.305. The lowest BCUT2D eigenvalue weighted by Gasteiger charge is -2.15. The van der Waals surface area contributed by atoms with Crippen LogP contribution < -0.4 is 10.6 Å². The molecular formula is C15H20N2O3. The summed E-state index contributed by atoms with van der Waals surface area (Å²) >= 11 is 0. The van der Waals surface area contributed by atoms with E-state index in [9.17, 15) is 4.79 Å². The first-order valence-corrected chi connectivity index (χ1v) is 6.65. The Kier molecular flexibility index (Phi) is 4.63. The molecule has 1 aromatic carbocycles. The number of benzene rings is 1. The lowest BCUT2D eigenvalue weighted by molar-refractivity contribution is 0.0864. The number of methoxy groups -OCH3 is 1. The topological polar surface area (TPSA) is 63.5 Å². The molecule has 0 spiro atoms. The maximum absolute atomic E-state index is 11.6. The van der Waals surface area contributed by atoms with E-state index in [1.54, 1.807) is 7.11 Å². The van der Waals surface area contributed by atoms with Crippen molar-refractivity contribution in [2.45, 2.75) is 26.0 Å². The molecule has 0 radical (unpaired) electrons. The molecule has 0 saturated heterocycles. The molecule has 0 aliphatic heterocycles. The van der Waals surface area contributed by atoms with Crippen molar-refractivity contribution in [3.63, 3.8) is 0 Å². The molecule has 5 heteroatoms. The first-order valence-electron chi connectivity index (χ1n) is 6.65. The van der Waals surface area contributed by atoms with Crippen LogP contribution in [0.5, 0.6) is 0 Å². The van der Waals surface area contributed by atoms with Crippen LogP contribution in [-0.2, 0) is 4.74 Å². The van der Waals surface area contributed by atoms with Crippen molar-refractivity contribution in [3.8, 4) is 0 Å². The second kappa shape index (κ2) is 6.43. The van der Waals surface area contributed by atoms with Gasteiger partial charge >= 0.3 is 6.03 Å². The molecule has 0 bridgehead atoms. The van der Waals surface area contributed by atoms with Gasteiger partial charge in [0, 0.05) is 18.5 Å². The van der Waals surface area contributed by atoms with E-state index in [0.717, 1.165) is 11.0 Å². The predicted molar refractivity (Wildman–Crippen MR) is 77.6 cm³/mol. The molecule has 2 amide bonds. The molecule has 1 atom stereocenters. The zero-order chi connectivity index (χ0) is 14.5. The highest BCUT2D eigenvalue weighted by molar-refractivity contribution is 5.78. The van der Waals surface area contributed by atoms with Gasteiger partial charge in [-0.2, -0.15) is 0 Å². The van der Waals surface area contributed by atoms with Crippen LogP contribution >= 0.6 is 0 Å². The number of ether oxygens (including phenoxy) is 1. The smallest absolute Gasteiger partial charge is 0.315 e. The van der Waals surface area contributed by atoms with E-state index in [2.05, 4.69) is 10.6 Å². The third-order valence-corrected chi connectivity index (χ3v) is 2.91. The fourth-order valence-corrected chi connectivity index (χ4v) is 1.96. The van der Waals surface area contributed by atoms with Gasteiger partial charge in [-0.15, -0.1) is 0 Å². The molecule has 0 aliphatic rings. The molecule has 2 rings (SSSR count). The molecule has 20 heavy (non-hydrogen) atoms. The van der Waals surface area contributed by atoms with Crippen LogP contribution in [-0.4, -0.2) is 25.7 Å². The molecule has 1 unspecified atom stereocenters. The van der Waals surface area contributed by atoms with Crippen molar-refractivity contribution < 1.29 is 13.9 Å². The van der Waals surface area contributed by atoms with Crippen molar-refractivity contribution >= 4 is 17.0 Å². The van der Waals surface area contributed by atoms with Gasteiger partial charge in [0.15, 0.2) is 0 Å². The van der Waals surface area contributed by atoms with Crippen LogP contribution in [0.2, 0.25) is 0 Å². The molecule has 1 aromatic heterocycles. The lowest BCUT2D eigenvalue weighted by atomic mass is 10.2. The number of urea groups is 1. The monoisotopic (exact) mass is 276 g/mol. The summed E-state index contributed by atoms with van der Waals surface area (Å²) in [4.78, 5) is 11.6. The summed E-state index contributed by atoms with van der Waals surface area (Å²) in [5.74, 6) is 0.707. The van der Waals surface area contributed by atoms with Crippen molar-refractivity contribution in [2.24, 2.45) is 0 Å². The molecule has 2 N–H and O–H groups in total. The van der Waals surface area contributed by atoms with E-state index in [-0.39, 0.29) is 18.2 Å². The highest BCUT2D eigenvalue weighted by atomic mass is 16.5. The predicted octanol–water partition coefficient (Wildman–Crippen LogP) is 2.83. The first kappa shape index (κ1) is 14.4. The van der Waals surface area contributed by atoms with Gasteiger partial charge in [0.05, 0.1) is 6.54 Å². The number of rotatable bonds is 5. The SMILES string of the molecule is COC(CNC(=O)NC(C)C)c1cc2ccccc2o1. The number of hydrogen-bond acceptors (Lipinski definition) is 3. The average molecular weight is 276 g/mol. The Balaban J connectivity index is 2.02. The van der Waals surface area contributed by atoms with Gasteiger partial charge in [-0.05, 0) is 26.0 Å². The second-order valence-corrected chi connectivity index (χ2v) is 4.92. The average Bonchev–Trinajstić information content (AvgIpc) is 2.82. The molecule has 1 heterocycles. The zero-order valence-corrected chi connectivity index (χ0v) is 12.0. The summed E-state index contributed by atoms with van der Waals surface area (Å²) in [6, 6.07) is 9.59. The fraction of sp³-hybridized carbons (Fsp3) is 0.400. The van der Waals surface area contributed by atoms with Crippen LogP contribution in [0.1, 0.15) is 25.7 Å². The number of carbonyl (C=O) groups is 1. The van der Waals surface area contributed by atoms with Gasteiger partial charge in [-0.1, -0.05) is 18.2 Å². The Hall–Kier alpha value is -2.01. The van der Waals surface area contributed by atoms with E-state index in [4.69, 9.17) is 9.15 Å². The van der Waals surface area contributed by atoms with Gasteiger partial charge in [0.2, 0.25) is 0 Å². The number of para-hydroxylation sites is 1. The van der Waals surface area contributed by atoms with Crippen LogP contribution in [0.25, 0.3) is 11.0 Å². The maximum Gasteiger partial charge on any atom is 0.315 e. The second-order valence-electron chi connectivity index (χ2n) is 4.92. The number of fused-ring (bicyclic) bond motifs is 1. The Morgan fingerprint density at radius 2 is 2.10 bits per heavy atom. The number of nitrogens with one attached hydrogen (secondary N) is 2. The minimum Gasteiger partial charge on any atom is -0.458 e. The Morgan fingerprint density at radius 1 is 1.35 bits per heavy atom. The van der Waals surface area contributed by atoms with Crippen LogP contribution in [0.4, 0.5) is 4.79 Å². The minimum absolute atomic E-state index is 0.0993.